The summed E-state index contributed by atoms with van der Waals surface area (Å²) in [5.74, 6) is 0. The molecule has 0 aliphatic carbocycles. The first kappa shape index (κ1) is 13.6. The van der Waals surface area contributed by atoms with Gasteiger partial charge in [-0.05, 0) is 41.0 Å². The van der Waals surface area contributed by atoms with Crippen molar-refractivity contribution in [2.75, 3.05) is 0 Å². The molecule has 1 unspecified atom stereocenters. The Labute approximate surface area is 109 Å². The standard InChI is InChI=1S/C12H22BN3O2/c1-7-9(2)16-10(8-14-15-16)13-17-11(3,4)12(5,6)18-13/h8-9H,7H2,1-6H3. The van der Waals surface area contributed by atoms with E-state index in [0.29, 0.717) is 6.04 Å². The number of rotatable bonds is 3. The molecule has 5 nitrogen and oxygen atoms in total. The van der Waals surface area contributed by atoms with Gasteiger partial charge in [-0.15, -0.1) is 5.10 Å². The zero-order valence-corrected chi connectivity index (χ0v) is 12.1. The van der Waals surface area contributed by atoms with Gasteiger partial charge in [0.05, 0.1) is 29.0 Å². The van der Waals surface area contributed by atoms with Crippen molar-refractivity contribution >= 4 is 12.7 Å². The van der Waals surface area contributed by atoms with Gasteiger partial charge >= 0.3 is 7.12 Å². The van der Waals surface area contributed by atoms with Gasteiger partial charge in [-0.25, -0.2) is 4.68 Å². The van der Waals surface area contributed by atoms with Crippen LogP contribution in [0, 0.1) is 0 Å². The molecule has 0 bridgehead atoms. The van der Waals surface area contributed by atoms with Crippen molar-refractivity contribution in [3.05, 3.63) is 6.20 Å². The van der Waals surface area contributed by atoms with Gasteiger partial charge < -0.3 is 9.31 Å². The molecule has 0 N–H and O–H groups in total. The summed E-state index contributed by atoms with van der Waals surface area (Å²) in [6.45, 7) is 12.4. The smallest absolute Gasteiger partial charge is 0.398 e. The molecule has 1 aliphatic heterocycles. The molecule has 1 saturated heterocycles. The first-order chi connectivity index (χ1) is 8.28. The largest absolute Gasteiger partial charge is 0.515 e. The van der Waals surface area contributed by atoms with E-state index >= 15 is 0 Å². The van der Waals surface area contributed by atoms with Crippen molar-refractivity contribution in [1.82, 2.24) is 15.0 Å². The maximum absolute atomic E-state index is 6.02. The number of hydrogen-bond acceptors (Lipinski definition) is 4. The van der Waals surface area contributed by atoms with Crippen molar-refractivity contribution in [3.63, 3.8) is 0 Å². The zero-order chi connectivity index (χ0) is 13.6. The predicted molar refractivity (Wildman–Crippen MR) is 70.7 cm³/mol. The van der Waals surface area contributed by atoms with Gasteiger partial charge in [0.15, 0.2) is 0 Å². The molecule has 100 valence electrons. The lowest BCUT2D eigenvalue weighted by molar-refractivity contribution is 0.00578. The third-order valence-electron chi connectivity index (χ3n) is 4.11. The molecular formula is C12H22BN3O2. The van der Waals surface area contributed by atoms with Gasteiger partial charge in [0, 0.05) is 0 Å². The average molecular weight is 251 g/mol. The first-order valence-electron chi connectivity index (χ1n) is 6.54. The van der Waals surface area contributed by atoms with Crippen molar-refractivity contribution in [2.45, 2.75) is 65.2 Å². The minimum atomic E-state index is -0.390. The lowest BCUT2D eigenvalue weighted by Crippen LogP contribution is -2.41. The van der Waals surface area contributed by atoms with Crippen molar-refractivity contribution in [1.29, 1.82) is 0 Å². The fourth-order valence-corrected chi connectivity index (χ4v) is 1.90. The fourth-order valence-electron chi connectivity index (χ4n) is 1.90. The monoisotopic (exact) mass is 251 g/mol. The topological polar surface area (TPSA) is 49.2 Å². The Kier molecular flexibility index (Phi) is 3.27. The molecule has 1 atom stereocenters. The average Bonchev–Trinajstić information content (AvgIpc) is 2.81. The molecule has 0 amide bonds. The van der Waals surface area contributed by atoms with Crippen LogP contribution in [-0.2, 0) is 9.31 Å². The van der Waals surface area contributed by atoms with E-state index in [2.05, 4.69) is 24.2 Å². The van der Waals surface area contributed by atoms with Crippen LogP contribution in [0.25, 0.3) is 0 Å². The summed E-state index contributed by atoms with van der Waals surface area (Å²) in [5, 5.41) is 8.12. The van der Waals surface area contributed by atoms with E-state index in [-0.39, 0.29) is 18.3 Å². The van der Waals surface area contributed by atoms with Crippen LogP contribution in [0.3, 0.4) is 0 Å². The Morgan fingerprint density at radius 3 is 2.33 bits per heavy atom. The third-order valence-corrected chi connectivity index (χ3v) is 4.11. The van der Waals surface area contributed by atoms with Crippen LogP contribution in [0.4, 0.5) is 0 Å². The number of nitrogens with zero attached hydrogens (tertiary/aromatic N) is 3. The second-order valence-electron chi connectivity index (χ2n) is 5.95. The molecule has 0 radical (unpaired) electrons. The highest BCUT2D eigenvalue weighted by molar-refractivity contribution is 6.61. The van der Waals surface area contributed by atoms with Crippen LogP contribution in [0.5, 0.6) is 0 Å². The summed E-state index contributed by atoms with van der Waals surface area (Å²) in [5.41, 5.74) is 0.229. The molecule has 2 rings (SSSR count). The summed E-state index contributed by atoms with van der Waals surface area (Å²) in [7, 11) is -0.390. The van der Waals surface area contributed by atoms with Crippen LogP contribution in [0.1, 0.15) is 54.0 Å². The van der Waals surface area contributed by atoms with E-state index in [1.807, 2.05) is 32.4 Å². The molecule has 0 saturated carbocycles. The van der Waals surface area contributed by atoms with Gasteiger partial charge in [0.1, 0.15) is 0 Å². The summed E-state index contributed by atoms with van der Waals surface area (Å²) in [6.07, 6.45) is 2.73. The van der Waals surface area contributed by atoms with Crippen LogP contribution in [0.15, 0.2) is 6.20 Å². The van der Waals surface area contributed by atoms with Gasteiger partial charge in [0.25, 0.3) is 0 Å². The second-order valence-corrected chi connectivity index (χ2v) is 5.95. The van der Waals surface area contributed by atoms with Crippen molar-refractivity contribution in [2.24, 2.45) is 0 Å². The Morgan fingerprint density at radius 1 is 1.28 bits per heavy atom. The van der Waals surface area contributed by atoms with Crippen LogP contribution in [0.2, 0.25) is 0 Å². The zero-order valence-electron chi connectivity index (χ0n) is 12.1. The van der Waals surface area contributed by atoms with Crippen LogP contribution >= 0.6 is 0 Å². The molecular weight excluding hydrogens is 229 g/mol. The van der Waals surface area contributed by atoms with Crippen LogP contribution in [-0.4, -0.2) is 33.3 Å². The molecule has 1 fully saturated rings. The summed E-state index contributed by atoms with van der Waals surface area (Å²) < 4.78 is 13.9. The van der Waals surface area contributed by atoms with Crippen molar-refractivity contribution < 1.29 is 9.31 Å². The summed E-state index contributed by atoms with van der Waals surface area (Å²) in [6, 6.07) is 0.293. The SMILES string of the molecule is CCC(C)n1nncc1B1OC(C)(C)C(C)(C)O1. The molecule has 1 aliphatic rings. The third kappa shape index (κ3) is 2.08. The van der Waals surface area contributed by atoms with E-state index in [0.717, 1.165) is 12.0 Å². The van der Waals surface area contributed by atoms with E-state index in [9.17, 15) is 0 Å². The maximum Gasteiger partial charge on any atom is 0.515 e. The molecule has 1 aromatic heterocycles. The molecule has 1 aromatic rings. The minimum Gasteiger partial charge on any atom is -0.398 e. The Morgan fingerprint density at radius 2 is 1.83 bits per heavy atom. The lowest BCUT2D eigenvalue weighted by atomic mass is 9.85. The fraction of sp³-hybridized carbons (Fsp3) is 0.833. The summed E-state index contributed by atoms with van der Waals surface area (Å²) >= 11 is 0. The quantitative estimate of drug-likeness (QED) is 0.765. The number of aromatic nitrogens is 3. The van der Waals surface area contributed by atoms with Gasteiger partial charge in [-0.3, -0.25) is 0 Å². The van der Waals surface area contributed by atoms with Gasteiger partial charge in [-0.1, -0.05) is 12.1 Å². The summed E-state index contributed by atoms with van der Waals surface area (Å²) in [4.78, 5) is 0. The minimum absolute atomic E-state index is 0.293. The molecule has 18 heavy (non-hydrogen) atoms. The molecule has 2 heterocycles. The Balaban J connectivity index is 2.28. The predicted octanol–water partition coefficient (Wildman–Crippen LogP) is 1.55. The van der Waals surface area contributed by atoms with E-state index in [4.69, 9.17) is 9.31 Å². The normalized spacial score (nSPS) is 23.3. The van der Waals surface area contributed by atoms with Crippen molar-refractivity contribution in [3.8, 4) is 0 Å². The highest BCUT2D eigenvalue weighted by Gasteiger charge is 2.53. The second kappa shape index (κ2) is 4.35. The molecule has 0 aromatic carbocycles. The highest BCUT2D eigenvalue weighted by Crippen LogP contribution is 2.36. The van der Waals surface area contributed by atoms with E-state index in [1.165, 1.54) is 0 Å². The first-order valence-corrected chi connectivity index (χ1v) is 6.54. The molecule has 0 spiro atoms. The van der Waals surface area contributed by atoms with Crippen LogP contribution < -0.4 is 5.59 Å². The maximum atomic E-state index is 6.02. The Bertz CT molecular complexity index is 415. The number of hydrogen-bond donors (Lipinski definition) is 0. The van der Waals surface area contributed by atoms with Gasteiger partial charge in [-0.2, -0.15) is 0 Å². The Hall–Kier alpha value is -0.875. The van der Waals surface area contributed by atoms with E-state index < -0.39 is 0 Å². The van der Waals surface area contributed by atoms with E-state index in [1.54, 1.807) is 6.20 Å². The molecule has 6 heteroatoms. The highest BCUT2D eigenvalue weighted by atomic mass is 16.7. The lowest BCUT2D eigenvalue weighted by Gasteiger charge is -2.32. The van der Waals surface area contributed by atoms with Gasteiger partial charge in [0.2, 0.25) is 0 Å².